The van der Waals surface area contributed by atoms with Crippen LogP contribution in [0.4, 0.5) is 0 Å². The average Bonchev–Trinajstić information content (AvgIpc) is 1.77. The minimum atomic E-state index is 0.201. The normalized spacial score (nSPS) is 9.00. The molecule has 0 aliphatic rings. The SMILES string of the molecule is Oc1cccnc1[Se]. The molecule has 0 fully saturated rings. The Morgan fingerprint density at radius 2 is 2.38 bits per heavy atom. The third-order valence-corrected chi connectivity index (χ3v) is 1.41. The van der Waals surface area contributed by atoms with Crippen LogP contribution in [0, 0.1) is 0 Å². The van der Waals surface area contributed by atoms with Gasteiger partial charge in [0.1, 0.15) is 0 Å². The van der Waals surface area contributed by atoms with Crippen molar-refractivity contribution in [1.29, 1.82) is 0 Å². The molecule has 1 radical (unpaired) electrons. The van der Waals surface area contributed by atoms with Crippen LogP contribution >= 0.6 is 0 Å². The van der Waals surface area contributed by atoms with Gasteiger partial charge < -0.3 is 0 Å². The molecule has 0 saturated carbocycles. The van der Waals surface area contributed by atoms with Crippen molar-refractivity contribution in [1.82, 2.24) is 4.98 Å². The van der Waals surface area contributed by atoms with E-state index in [1.807, 2.05) is 0 Å². The summed E-state index contributed by atoms with van der Waals surface area (Å²) in [5.74, 6) is 0.201. The molecule has 0 amide bonds. The predicted molar refractivity (Wildman–Crippen MR) is 31.3 cm³/mol. The topological polar surface area (TPSA) is 33.1 Å². The van der Waals surface area contributed by atoms with Crippen LogP contribution in [0.5, 0.6) is 5.75 Å². The number of aromatic nitrogens is 1. The Morgan fingerprint density at radius 1 is 1.62 bits per heavy atom. The van der Waals surface area contributed by atoms with E-state index in [0.717, 1.165) is 0 Å². The summed E-state index contributed by atoms with van der Waals surface area (Å²) >= 11 is 2.61. The van der Waals surface area contributed by atoms with Crippen LogP contribution in [-0.2, 0) is 0 Å². The van der Waals surface area contributed by atoms with Crippen molar-refractivity contribution < 1.29 is 5.11 Å². The Labute approximate surface area is 55.4 Å². The molecule has 1 rings (SSSR count). The van der Waals surface area contributed by atoms with E-state index in [9.17, 15) is 0 Å². The second-order valence-electron chi connectivity index (χ2n) is 1.33. The van der Waals surface area contributed by atoms with Crippen LogP contribution in [0.3, 0.4) is 0 Å². The zero-order valence-corrected chi connectivity index (χ0v) is 5.75. The summed E-state index contributed by atoms with van der Waals surface area (Å²) in [6.07, 6.45) is 1.62. The van der Waals surface area contributed by atoms with Crippen molar-refractivity contribution in [2.24, 2.45) is 0 Å². The maximum atomic E-state index is 8.83. The number of hydrogen-bond acceptors (Lipinski definition) is 2. The summed E-state index contributed by atoms with van der Waals surface area (Å²) in [7, 11) is 0. The Balaban J connectivity index is 3.13. The fourth-order valence-electron chi connectivity index (χ4n) is 0.382. The molecule has 0 bridgehead atoms. The van der Waals surface area contributed by atoms with E-state index in [4.69, 9.17) is 5.11 Å². The van der Waals surface area contributed by atoms with E-state index < -0.39 is 0 Å². The van der Waals surface area contributed by atoms with Crippen molar-refractivity contribution in [3.8, 4) is 5.75 Å². The van der Waals surface area contributed by atoms with Crippen molar-refractivity contribution in [2.45, 2.75) is 0 Å². The number of hydrogen-bond donors (Lipinski definition) is 1. The summed E-state index contributed by atoms with van der Waals surface area (Å²) in [6.45, 7) is 0. The van der Waals surface area contributed by atoms with Gasteiger partial charge in [-0.05, 0) is 0 Å². The molecule has 1 heterocycles. The number of pyridine rings is 1. The van der Waals surface area contributed by atoms with Gasteiger partial charge in [-0.1, -0.05) is 0 Å². The number of nitrogens with zero attached hydrogens (tertiary/aromatic N) is 1. The zero-order valence-electron chi connectivity index (χ0n) is 4.03. The van der Waals surface area contributed by atoms with Gasteiger partial charge in [0.25, 0.3) is 0 Å². The molecule has 0 saturated heterocycles. The van der Waals surface area contributed by atoms with E-state index in [1.54, 1.807) is 18.3 Å². The molecule has 41 valence electrons. The molecule has 1 aromatic rings. The van der Waals surface area contributed by atoms with Crippen LogP contribution in [0.15, 0.2) is 18.3 Å². The van der Waals surface area contributed by atoms with E-state index >= 15 is 0 Å². The first-order valence-corrected chi connectivity index (χ1v) is 2.97. The molecule has 1 aromatic heterocycles. The average molecular weight is 173 g/mol. The zero-order chi connectivity index (χ0) is 5.98. The van der Waals surface area contributed by atoms with Crippen molar-refractivity contribution in [3.63, 3.8) is 0 Å². The van der Waals surface area contributed by atoms with Gasteiger partial charge in [0.15, 0.2) is 0 Å². The Morgan fingerprint density at radius 3 is 2.75 bits per heavy atom. The second-order valence-corrected chi connectivity index (χ2v) is 2.14. The standard InChI is InChI=1S/C5H4NOSe/c7-4-2-1-3-6-5(4)8/h1-3,7H. The summed E-state index contributed by atoms with van der Waals surface area (Å²) in [4.78, 5) is 3.77. The number of aromatic hydroxyl groups is 1. The second kappa shape index (κ2) is 2.16. The molecule has 0 unspecified atom stereocenters. The molecular weight excluding hydrogens is 169 g/mol. The summed E-state index contributed by atoms with van der Waals surface area (Å²) in [5.41, 5.74) is 0. The Kier molecular flexibility index (Phi) is 1.51. The molecular formula is C5H4NOSe. The van der Waals surface area contributed by atoms with E-state index in [-0.39, 0.29) is 5.75 Å². The van der Waals surface area contributed by atoms with Crippen LogP contribution < -0.4 is 4.59 Å². The molecule has 2 nitrogen and oxygen atoms in total. The molecule has 0 aliphatic heterocycles. The molecule has 1 N–H and O–H groups in total. The van der Waals surface area contributed by atoms with E-state index in [1.165, 1.54) is 0 Å². The molecule has 0 atom stereocenters. The van der Waals surface area contributed by atoms with Gasteiger partial charge >= 0.3 is 54.8 Å². The molecule has 3 heteroatoms. The molecule has 8 heavy (non-hydrogen) atoms. The molecule has 0 spiro atoms. The van der Waals surface area contributed by atoms with E-state index in [0.29, 0.717) is 4.59 Å². The molecule has 0 aromatic carbocycles. The quantitative estimate of drug-likeness (QED) is 0.540. The van der Waals surface area contributed by atoms with Gasteiger partial charge in [-0.3, -0.25) is 0 Å². The monoisotopic (exact) mass is 174 g/mol. The van der Waals surface area contributed by atoms with Gasteiger partial charge in [-0.2, -0.15) is 0 Å². The first kappa shape index (κ1) is 5.60. The first-order chi connectivity index (χ1) is 3.80. The van der Waals surface area contributed by atoms with Crippen LogP contribution in [0.25, 0.3) is 0 Å². The summed E-state index contributed by atoms with van der Waals surface area (Å²) in [5, 5.41) is 8.83. The van der Waals surface area contributed by atoms with Gasteiger partial charge in [-0.15, -0.1) is 0 Å². The van der Waals surface area contributed by atoms with Gasteiger partial charge in [0, 0.05) is 0 Å². The van der Waals surface area contributed by atoms with Gasteiger partial charge in [-0.25, -0.2) is 0 Å². The van der Waals surface area contributed by atoms with E-state index in [2.05, 4.69) is 21.0 Å². The van der Waals surface area contributed by atoms with Gasteiger partial charge in [0.2, 0.25) is 0 Å². The van der Waals surface area contributed by atoms with Crippen molar-refractivity contribution in [3.05, 3.63) is 18.3 Å². The Bertz CT molecular complexity index is 169. The fraction of sp³-hybridized carbons (Fsp3) is 0. The van der Waals surface area contributed by atoms with Crippen LogP contribution in [0.1, 0.15) is 0 Å². The third kappa shape index (κ3) is 0.997. The fourth-order valence-corrected chi connectivity index (χ4v) is 0.653. The number of rotatable bonds is 0. The van der Waals surface area contributed by atoms with Crippen LogP contribution in [-0.4, -0.2) is 26.1 Å². The predicted octanol–water partition coefficient (Wildman–Crippen LogP) is -0.419. The van der Waals surface area contributed by atoms with Crippen molar-refractivity contribution in [2.75, 3.05) is 0 Å². The van der Waals surface area contributed by atoms with Crippen LogP contribution in [0.2, 0.25) is 0 Å². The van der Waals surface area contributed by atoms with Crippen molar-refractivity contribution >= 4 is 20.6 Å². The summed E-state index contributed by atoms with van der Waals surface area (Å²) < 4.78 is 0.549. The first-order valence-electron chi connectivity index (χ1n) is 2.11. The van der Waals surface area contributed by atoms with Gasteiger partial charge in [0.05, 0.1) is 0 Å². The Hall–Kier alpha value is -0.531. The third-order valence-electron chi connectivity index (χ3n) is 0.751. The molecule has 0 aliphatic carbocycles. The minimum absolute atomic E-state index is 0.201. The maximum absolute atomic E-state index is 8.83. The summed E-state index contributed by atoms with van der Waals surface area (Å²) in [6, 6.07) is 3.26.